The predicted molar refractivity (Wildman–Crippen MR) is 99.9 cm³/mol. The van der Waals surface area contributed by atoms with E-state index in [1.54, 1.807) is 49.7 Å². The summed E-state index contributed by atoms with van der Waals surface area (Å²) in [6.45, 7) is 0. The van der Waals surface area contributed by atoms with Gasteiger partial charge in [-0.2, -0.15) is 0 Å². The summed E-state index contributed by atoms with van der Waals surface area (Å²) < 4.78 is 5.17. The second-order valence-electron chi connectivity index (χ2n) is 5.22. The molecule has 0 spiro atoms. The number of ether oxygens (including phenoxy) is 1. The highest BCUT2D eigenvalue weighted by atomic mass is 35.5. The Bertz CT molecular complexity index is 882. The smallest absolute Gasteiger partial charge is 0.259 e. The lowest BCUT2D eigenvalue weighted by Crippen LogP contribution is -2.14. The molecule has 0 aliphatic heterocycles. The van der Waals surface area contributed by atoms with Crippen LogP contribution in [0.2, 0.25) is 5.02 Å². The summed E-state index contributed by atoms with van der Waals surface area (Å²) in [5.74, 6) is 0.867. The summed E-state index contributed by atoms with van der Waals surface area (Å²) in [6.07, 6.45) is 1.63. The van der Waals surface area contributed by atoms with Crippen molar-refractivity contribution < 1.29 is 9.53 Å². The van der Waals surface area contributed by atoms with E-state index in [9.17, 15) is 4.79 Å². The van der Waals surface area contributed by atoms with E-state index in [0.29, 0.717) is 27.8 Å². The summed E-state index contributed by atoms with van der Waals surface area (Å²) in [5.41, 5.74) is 1.87. The minimum Gasteiger partial charge on any atom is -0.497 e. The van der Waals surface area contributed by atoms with Crippen LogP contribution in [0.5, 0.6) is 5.75 Å². The molecule has 0 aliphatic rings. The molecule has 0 atom stereocenters. The van der Waals surface area contributed by atoms with Crippen LogP contribution < -0.4 is 15.4 Å². The molecular formula is C19H16ClN3O2. The molecule has 0 bridgehead atoms. The molecule has 0 unspecified atom stereocenters. The molecule has 2 N–H and O–H groups in total. The summed E-state index contributed by atoms with van der Waals surface area (Å²) in [4.78, 5) is 16.9. The van der Waals surface area contributed by atoms with Gasteiger partial charge in [-0.05, 0) is 48.5 Å². The lowest BCUT2D eigenvalue weighted by atomic mass is 10.2. The van der Waals surface area contributed by atoms with Crippen molar-refractivity contribution in [2.24, 2.45) is 0 Å². The topological polar surface area (TPSA) is 63.2 Å². The first kappa shape index (κ1) is 16.8. The molecule has 0 saturated heterocycles. The first-order valence-corrected chi connectivity index (χ1v) is 7.96. The first-order chi connectivity index (χ1) is 12.2. The van der Waals surface area contributed by atoms with E-state index in [1.807, 2.05) is 24.3 Å². The van der Waals surface area contributed by atoms with Crippen LogP contribution in [0, 0.1) is 0 Å². The third-order valence-corrected chi connectivity index (χ3v) is 3.74. The van der Waals surface area contributed by atoms with Crippen LogP contribution in [0.4, 0.5) is 17.2 Å². The van der Waals surface area contributed by atoms with Crippen molar-refractivity contribution in [2.45, 2.75) is 0 Å². The van der Waals surface area contributed by atoms with E-state index < -0.39 is 0 Å². The number of amides is 1. The summed E-state index contributed by atoms with van der Waals surface area (Å²) >= 11 is 5.89. The van der Waals surface area contributed by atoms with Gasteiger partial charge in [0.25, 0.3) is 5.91 Å². The highest BCUT2D eigenvalue weighted by Crippen LogP contribution is 2.22. The van der Waals surface area contributed by atoms with Crippen molar-refractivity contribution in [1.29, 1.82) is 0 Å². The number of carbonyl (C=O) groups is 1. The maximum Gasteiger partial charge on any atom is 0.259 e. The van der Waals surface area contributed by atoms with E-state index in [1.165, 1.54) is 0 Å². The van der Waals surface area contributed by atoms with Gasteiger partial charge < -0.3 is 15.4 Å². The van der Waals surface area contributed by atoms with Crippen molar-refractivity contribution in [3.63, 3.8) is 0 Å². The summed E-state index contributed by atoms with van der Waals surface area (Å²) in [6, 6.07) is 17.8. The van der Waals surface area contributed by atoms with Crippen LogP contribution in [0.3, 0.4) is 0 Å². The van der Waals surface area contributed by atoms with E-state index in [4.69, 9.17) is 16.3 Å². The average molecular weight is 354 g/mol. The maximum absolute atomic E-state index is 12.6. The molecule has 0 fully saturated rings. The number of hydrogen-bond donors (Lipinski definition) is 2. The molecule has 25 heavy (non-hydrogen) atoms. The predicted octanol–water partition coefficient (Wildman–Crippen LogP) is 4.74. The number of pyridine rings is 1. The Labute approximate surface area is 150 Å². The molecule has 6 heteroatoms. The van der Waals surface area contributed by atoms with Gasteiger partial charge in [0, 0.05) is 28.7 Å². The Morgan fingerprint density at radius 2 is 1.84 bits per heavy atom. The van der Waals surface area contributed by atoms with Gasteiger partial charge >= 0.3 is 0 Å². The van der Waals surface area contributed by atoms with Gasteiger partial charge in [0.15, 0.2) is 0 Å². The van der Waals surface area contributed by atoms with Gasteiger partial charge in [-0.3, -0.25) is 4.79 Å². The SMILES string of the molecule is COc1cccc(NC(=O)c2cccnc2Nc2ccc(Cl)cc2)c1. The highest BCUT2D eigenvalue weighted by molar-refractivity contribution is 6.30. The van der Waals surface area contributed by atoms with Gasteiger partial charge in [-0.1, -0.05) is 17.7 Å². The lowest BCUT2D eigenvalue weighted by Gasteiger charge is -2.12. The number of aromatic nitrogens is 1. The van der Waals surface area contributed by atoms with Crippen LogP contribution >= 0.6 is 11.6 Å². The molecule has 0 saturated carbocycles. The zero-order valence-corrected chi connectivity index (χ0v) is 14.2. The van der Waals surface area contributed by atoms with Crippen LogP contribution in [0.1, 0.15) is 10.4 Å². The van der Waals surface area contributed by atoms with Crippen molar-refractivity contribution in [3.8, 4) is 5.75 Å². The fraction of sp³-hybridized carbons (Fsp3) is 0.0526. The number of nitrogens with one attached hydrogen (secondary N) is 2. The number of benzene rings is 2. The third kappa shape index (κ3) is 4.28. The quantitative estimate of drug-likeness (QED) is 0.695. The molecule has 2 aromatic carbocycles. The van der Waals surface area contributed by atoms with Crippen molar-refractivity contribution in [3.05, 3.63) is 77.4 Å². The van der Waals surface area contributed by atoms with Gasteiger partial charge in [0.1, 0.15) is 11.6 Å². The number of anilines is 3. The minimum absolute atomic E-state index is 0.266. The highest BCUT2D eigenvalue weighted by Gasteiger charge is 2.13. The number of methoxy groups -OCH3 is 1. The Morgan fingerprint density at radius 1 is 1.04 bits per heavy atom. The number of nitrogens with zero attached hydrogens (tertiary/aromatic N) is 1. The molecule has 3 aromatic rings. The Kier molecular flexibility index (Phi) is 5.16. The first-order valence-electron chi connectivity index (χ1n) is 7.59. The summed E-state index contributed by atoms with van der Waals surface area (Å²) in [5, 5.41) is 6.62. The molecule has 5 nitrogen and oxygen atoms in total. The summed E-state index contributed by atoms with van der Waals surface area (Å²) in [7, 11) is 1.58. The van der Waals surface area contributed by atoms with Gasteiger partial charge in [-0.25, -0.2) is 4.98 Å². The average Bonchev–Trinajstić information content (AvgIpc) is 2.64. The van der Waals surface area contributed by atoms with E-state index >= 15 is 0 Å². The van der Waals surface area contributed by atoms with Gasteiger partial charge in [0.05, 0.1) is 12.7 Å². The second-order valence-corrected chi connectivity index (χ2v) is 5.65. The number of carbonyl (C=O) groups excluding carboxylic acids is 1. The largest absolute Gasteiger partial charge is 0.497 e. The monoisotopic (exact) mass is 353 g/mol. The molecule has 0 radical (unpaired) electrons. The zero-order chi connectivity index (χ0) is 17.6. The van der Waals surface area contributed by atoms with Crippen LogP contribution in [-0.4, -0.2) is 18.0 Å². The van der Waals surface area contributed by atoms with Crippen molar-refractivity contribution >= 4 is 34.7 Å². The standard InChI is InChI=1S/C19H16ClN3O2/c1-25-16-5-2-4-15(12-16)23-19(24)17-6-3-11-21-18(17)22-14-9-7-13(20)8-10-14/h2-12H,1H3,(H,21,22)(H,23,24). The number of hydrogen-bond acceptors (Lipinski definition) is 4. The Balaban J connectivity index is 1.81. The van der Waals surface area contributed by atoms with Gasteiger partial charge in [0.2, 0.25) is 0 Å². The zero-order valence-electron chi connectivity index (χ0n) is 13.5. The van der Waals surface area contributed by atoms with Crippen LogP contribution in [0.15, 0.2) is 66.9 Å². The van der Waals surface area contributed by atoms with Gasteiger partial charge in [-0.15, -0.1) is 0 Å². The van der Waals surface area contributed by atoms with Crippen LogP contribution in [-0.2, 0) is 0 Å². The number of rotatable bonds is 5. The lowest BCUT2D eigenvalue weighted by molar-refractivity contribution is 0.102. The fourth-order valence-corrected chi connectivity index (χ4v) is 2.38. The molecular weight excluding hydrogens is 338 g/mol. The number of halogens is 1. The molecule has 1 amide bonds. The molecule has 1 heterocycles. The molecule has 0 aliphatic carbocycles. The third-order valence-electron chi connectivity index (χ3n) is 3.49. The normalized spacial score (nSPS) is 10.2. The van der Waals surface area contributed by atoms with Crippen molar-refractivity contribution in [2.75, 3.05) is 17.7 Å². The van der Waals surface area contributed by atoms with Crippen LogP contribution in [0.25, 0.3) is 0 Å². The molecule has 1 aromatic heterocycles. The minimum atomic E-state index is -0.266. The molecule has 3 rings (SSSR count). The second kappa shape index (κ2) is 7.68. The fourth-order valence-electron chi connectivity index (χ4n) is 2.26. The molecule has 126 valence electrons. The van der Waals surface area contributed by atoms with E-state index in [0.717, 1.165) is 5.69 Å². The van der Waals surface area contributed by atoms with Crippen molar-refractivity contribution in [1.82, 2.24) is 4.98 Å². The van der Waals surface area contributed by atoms with E-state index in [2.05, 4.69) is 15.6 Å². The van der Waals surface area contributed by atoms with E-state index in [-0.39, 0.29) is 5.91 Å². The maximum atomic E-state index is 12.6. The Morgan fingerprint density at radius 3 is 2.60 bits per heavy atom. The Hall–Kier alpha value is -3.05.